The van der Waals surface area contributed by atoms with Crippen molar-refractivity contribution < 1.29 is 13.9 Å². The van der Waals surface area contributed by atoms with Crippen LogP contribution < -0.4 is 10.1 Å². The summed E-state index contributed by atoms with van der Waals surface area (Å²) in [6, 6.07) is 9.46. The predicted molar refractivity (Wildman–Crippen MR) is 118 cm³/mol. The van der Waals surface area contributed by atoms with Crippen LogP contribution in [-0.4, -0.2) is 13.0 Å². The third-order valence-electron chi connectivity index (χ3n) is 5.51. The number of allylic oxidation sites excluding steroid dienone is 1. The van der Waals surface area contributed by atoms with Crippen LogP contribution in [0.5, 0.6) is 5.75 Å². The average molecular weight is 410 g/mol. The highest BCUT2D eigenvalue weighted by Crippen LogP contribution is 2.38. The highest BCUT2D eigenvalue weighted by Gasteiger charge is 2.20. The Morgan fingerprint density at radius 3 is 2.79 bits per heavy atom. The van der Waals surface area contributed by atoms with Gasteiger partial charge in [0.05, 0.1) is 7.11 Å². The maximum absolute atomic E-state index is 12.6. The summed E-state index contributed by atoms with van der Waals surface area (Å²) >= 11 is 6.05. The number of furan rings is 1. The lowest BCUT2D eigenvalue weighted by molar-refractivity contribution is -0.111. The minimum absolute atomic E-state index is 0.204. The molecule has 0 radical (unpaired) electrons. The Labute approximate surface area is 175 Å². The predicted octanol–water partition coefficient (Wildman–Crippen LogP) is 6.32. The first-order valence-corrected chi connectivity index (χ1v) is 10.2. The van der Waals surface area contributed by atoms with E-state index in [1.54, 1.807) is 25.3 Å². The number of fused-ring (bicyclic) bond motifs is 3. The molecule has 0 bridgehead atoms. The first kappa shape index (κ1) is 19.6. The van der Waals surface area contributed by atoms with Crippen LogP contribution in [0.25, 0.3) is 16.5 Å². The quantitative estimate of drug-likeness (QED) is 0.512. The van der Waals surface area contributed by atoms with Crippen molar-refractivity contribution >= 4 is 39.7 Å². The number of hydrogen-bond donors (Lipinski definition) is 1. The van der Waals surface area contributed by atoms with Gasteiger partial charge in [-0.3, -0.25) is 4.79 Å². The second kappa shape index (κ2) is 7.96. The number of methoxy groups -OCH3 is 1. The number of anilines is 1. The van der Waals surface area contributed by atoms with Gasteiger partial charge in [-0.2, -0.15) is 0 Å². The monoisotopic (exact) mass is 409 g/mol. The van der Waals surface area contributed by atoms with E-state index in [2.05, 4.69) is 11.4 Å². The number of nitrogens with one attached hydrogen (secondary N) is 1. The Morgan fingerprint density at radius 1 is 1.21 bits per heavy atom. The molecule has 4 rings (SSSR count). The number of hydrogen-bond acceptors (Lipinski definition) is 3. The Hall–Kier alpha value is -2.72. The van der Waals surface area contributed by atoms with Gasteiger partial charge in [-0.25, -0.2) is 0 Å². The summed E-state index contributed by atoms with van der Waals surface area (Å²) in [6.45, 7) is 3.85. The lowest BCUT2D eigenvalue weighted by Gasteiger charge is -2.11. The van der Waals surface area contributed by atoms with Crippen LogP contribution in [0.1, 0.15) is 42.2 Å². The van der Waals surface area contributed by atoms with Crippen molar-refractivity contribution in [1.82, 2.24) is 0 Å². The molecular weight excluding hydrogens is 386 g/mol. The Kier molecular flexibility index (Phi) is 5.37. The molecule has 4 nitrogen and oxygen atoms in total. The van der Waals surface area contributed by atoms with Crippen molar-refractivity contribution in [2.45, 2.75) is 39.5 Å². The summed E-state index contributed by atoms with van der Waals surface area (Å²) in [7, 11) is 1.64. The van der Waals surface area contributed by atoms with Gasteiger partial charge in [0.25, 0.3) is 0 Å². The van der Waals surface area contributed by atoms with Gasteiger partial charge < -0.3 is 14.5 Å². The minimum atomic E-state index is -0.204. The number of amides is 1. The molecular formula is C24H24ClNO3. The van der Waals surface area contributed by atoms with Gasteiger partial charge in [-0.05, 0) is 62.4 Å². The van der Waals surface area contributed by atoms with E-state index in [1.165, 1.54) is 18.4 Å². The van der Waals surface area contributed by atoms with Gasteiger partial charge in [-0.1, -0.05) is 17.7 Å². The number of aryl methyl sites for hydroxylation is 3. The molecule has 1 aliphatic carbocycles. The molecule has 0 spiro atoms. The van der Waals surface area contributed by atoms with Crippen LogP contribution in [0.4, 0.5) is 5.69 Å². The topological polar surface area (TPSA) is 51.5 Å². The van der Waals surface area contributed by atoms with Gasteiger partial charge >= 0.3 is 0 Å². The minimum Gasteiger partial charge on any atom is -0.496 e. The SMILES string of the molecule is COc1cc2oc3c(c2cc1/C(C)=C/C(=O)Nc1cc(Cl)ccc1C)CCCC3. The average Bonchev–Trinajstić information content (AvgIpc) is 3.07. The van der Waals surface area contributed by atoms with Crippen molar-refractivity contribution in [3.05, 3.63) is 63.9 Å². The molecule has 0 aliphatic heterocycles. The maximum atomic E-state index is 12.6. The molecule has 3 aromatic rings. The van der Waals surface area contributed by atoms with E-state index in [9.17, 15) is 4.79 Å². The molecule has 2 aromatic carbocycles. The van der Waals surface area contributed by atoms with E-state index < -0.39 is 0 Å². The van der Waals surface area contributed by atoms with Crippen molar-refractivity contribution in [2.75, 3.05) is 12.4 Å². The molecule has 1 aliphatic rings. The summed E-state index contributed by atoms with van der Waals surface area (Å²) in [5.41, 5.74) is 5.53. The molecule has 0 fully saturated rings. The Morgan fingerprint density at radius 2 is 2.00 bits per heavy atom. The van der Waals surface area contributed by atoms with Crippen LogP contribution in [-0.2, 0) is 17.6 Å². The second-order valence-corrected chi connectivity index (χ2v) is 7.97. The van der Waals surface area contributed by atoms with E-state index in [0.29, 0.717) is 16.5 Å². The maximum Gasteiger partial charge on any atom is 0.248 e. The van der Waals surface area contributed by atoms with Crippen molar-refractivity contribution in [3.63, 3.8) is 0 Å². The number of carbonyl (C=O) groups is 1. The highest BCUT2D eigenvalue weighted by molar-refractivity contribution is 6.31. The molecule has 1 aromatic heterocycles. The van der Waals surface area contributed by atoms with Crippen LogP contribution >= 0.6 is 11.6 Å². The standard InChI is InChI=1S/C24H24ClNO3/c1-14-8-9-16(25)11-20(14)26-24(27)10-15(2)18-12-19-17-6-4-5-7-21(17)29-23(19)13-22(18)28-3/h8-13H,4-7H2,1-3H3,(H,26,27)/b15-10+. The molecule has 0 saturated heterocycles. The van der Waals surface area contributed by atoms with Gasteiger partial charge in [0, 0.05) is 45.8 Å². The summed E-state index contributed by atoms with van der Waals surface area (Å²) in [4.78, 5) is 12.6. The summed E-state index contributed by atoms with van der Waals surface area (Å²) < 4.78 is 11.7. The fourth-order valence-electron chi connectivity index (χ4n) is 3.94. The third kappa shape index (κ3) is 3.90. The molecule has 0 atom stereocenters. The highest BCUT2D eigenvalue weighted by atomic mass is 35.5. The first-order valence-electron chi connectivity index (χ1n) is 9.84. The smallest absolute Gasteiger partial charge is 0.248 e. The number of ether oxygens (including phenoxy) is 1. The molecule has 0 unspecified atom stereocenters. The van der Waals surface area contributed by atoms with Crippen LogP contribution in [0, 0.1) is 6.92 Å². The molecule has 5 heteroatoms. The number of rotatable bonds is 4. The Balaban J connectivity index is 1.68. The fourth-order valence-corrected chi connectivity index (χ4v) is 4.11. The number of benzene rings is 2. The van der Waals surface area contributed by atoms with Crippen molar-refractivity contribution in [1.29, 1.82) is 0 Å². The van der Waals surface area contributed by atoms with Gasteiger partial charge in [0.2, 0.25) is 5.91 Å². The lowest BCUT2D eigenvalue weighted by Crippen LogP contribution is -2.09. The molecule has 1 heterocycles. The van der Waals surface area contributed by atoms with E-state index in [4.69, 9.17) is 20.8 Å². The third-order valence-corrected chi connectivity index (χ3v) is 5.74. The Bertz CT molecular complexity index is 1130. The second-order valence-electron chi connectivity index (χ2n) is 7.54. The first-order chi connectivity index (χ1) is 14.0. The van der Waals surface area contributed by atoms with Crippen molar-refractivity contribution in [2.24, 2.45) is 0 Å². The summed E-state index contributed by atoms with van der Waals surface area (Å²) in [5, 5.41) is 4.62. The fraction of sp³-hybridized carbons (Fsp3) is 0.292. The van der Waals surface area contributed by atoms with Crippen LogP contribution in [0.15, 0.2) is 40.8 Å². The number of halogens is 1. The van der Waals surface area contributed by atoms with Crippen LogP contribution in [0.2, 0.25) is 5.02 Å². The molecule has 150 valence electrons. The molecule has 29 heavy (non-hydrogen) atoms. The van der Waals surface area contributed by atoms with Gasteiger partial charge in [-0.15, -0.1) is 0 Å². The van der Waals surface area contributed by atoms with Gasteiger partial charge in [0.15, 0.2) is 0 Å². The van der Waals surface area contributed by atoms with Crippen LogP contribution in [0.3, 0.4) is 0 Å². The van der Waals surface area contributed by atoms with E-state index in [1.807, 2.05) is 26.0 Å². The largest absolute Gasteiger partial charge is 0.496 e. The normalized spacial score (nSPS) is 14.0. The number of carbonyl (C=O) groups excluding carboxylic acids is 1. The zero-order valence-electron chi connectivity index (χ0n) is 16.9. The van der Waals surface area contributed by atoms with E-state index in [0.717, 1.165) is 46.3 Å². The zero-order chi connectivity index (χ0) is 20.5. The molecule has 1 N–H and O–H groups in total. The lowest BCUT2D eigenvalue weighted by atomic mass is 9.94. The van der Waals surface area contributed by atoms with E-state index in [-0.39, 0.29) is 5.91 Å². The summed E-state index contributed by atoms with van der Waals surface area (Å²) in [5.74, 6) is 1.58. The van der Waals surface area contributed by atoms with E-state index >= 15 is 0 Å². The van der Waals surface area contributed by atoms with Crippen molar-refractivity contribution in [3.8, 4) is 5.75 Å². The zero-order valence-corrected chi connectivity index (χ0v) is 17.7. The van der Waals surface area contributed by atoms with Gasteiger partial charge in [0.1, 0.15) is 17.1 Å². The summed E-state index contributed by atoms with van der Waals surface area (Å²) in [6.07, 6.45) is 5.96. The molecule has 0 saturated carbocycles. The molecule has 1 amide bonds.